The molecule has 2 saturated carbocycles. The first-order valence-electron chi connectivity index (χ1n) is 8.44. The van der Waals surface area contributed by atoms with Crippen LogP contribution in [0.5, 0.6) is 0 Å². The van der Waals surface area contributed by atoms with Crippen LogP contribution in [0.4, 0.5) is 4.79 Å². The summed E-state index contributed by atoms with van der Waals surface area (Å²) < 4.78 is 5.87. The highest BCUT2D eigenvalue weighted by molar-refractivity contribution is 7.08. The molecule has 5 nitrogen and oxygen atoms in total. The van der Waals surface area contributed by atoms with E-state index in [-0.39, 0.29) is 24.0 Å². The predicted molar refractivity (Wildman–Crippen MR) is 88.3 cm³/mol. The number of carbonyl (C=O) groups excluding carboxylic acids is 1. The second-order valence-corrected chi connectivity index (χ2v) is 8.20. The Morgan fingerprint density at radius 1 is 1.57 bits per heavy atom. The molecule has 3 fully saturated rings. The number of amides is 2. The van der Waals surface area contributed by atoms with Gasteiger partial charge in [0.15, 0.2) is 0 Å². The maximum absolute atomic E-state index is 12.3. The molecule has 4 atom stereocenters. The van der Waals surface area contributed by atoms with Gasteiger partial charge in [0.2, 0.25) is 0 Å². The van der Waals surface area contributed by atoms with E-state index in [9.17, 15) is 9.90 Å². The molecule has 1 saturated heterocycles. The molecule has 3 N–H and O–H groups in total. The predicted octanol–water partition coefficient (Wildman–Crippen LogP) is 2.21. The van der Waals surface area contributed by atoms with Gasteiger partial charge in [-0.25, -0.2) is 4.79 Å². The summed E-state index contributed by atoms with van der Waals surface area (Å²) in [6.45, 7) is 2.76. The topological polar surface area (TPSA) is 70.6 Å². The van der Waals surface area contributed by atoms with Crippen LogP contribution in [0.3, 0.4) is 0 Å². The van der Waals surface area contributed by atoms with Crippen LogP contribution < -0.4 is 10.6 Å². The zero-order chi connectivity index (χ0) is 16.1. The van der Waals surface area contributed by atoms with Gasteiger partial charge in [-0.1, -0.05) is 6.42 Å². The normalized spacial score (nSPS) is 33.2. The van der Waals surface area contributed by atoms with Crippen molar-refractivity contribution in [3.05, 3.63) is 22.4 Å². The maximum Gasteiger partial charge on any atom is 0.315 e. The number of rotatable bonds is 4. The van der Waals surface area contributed by atoms with E-state index in [1.54, 1.807) is 18.3 Å². The van der Waals surface area contributed by atoms with Gasteiger partial charge in [-0.2, -0.15) is 11.3 Å². The van der Waals surface area contributed by atoms with Gasteiger partial charge in [0, 0.05) is 24.0 Å². The Bertz CT molecular complexity index is 583. The average molecular weight is 336 g/mol. The summed E-state index contributed by atoms with van der Waals surface area (Å²) in [5.74, 6) is 0.471. The fourth-order valence-corrected chi connectivity index (χ4v) is 5.36. The van der Waals surface area contributed by atoms with Crippen LogP contribution in [0, 0.1) is 11.3 Å². The van der Waals surface area contributed by atoms with E-state index < -0.39 is 5.60 Å². The van der Waals surface area contributed by atoms with Gasteiger partial charge in [-0.15, -0.1) is 0 Å². The van der Waals surface area contributed by atoms with E-state index in [1.165, 1.54) is 6.42 Å². The van der Waals surface area contributed by atoms with Crippen molar-refractivity contribution < 1.29 is 14.6 Å². The number of aliphatic hydroxyl groups is 1. The number of thiophene rings is 1. The van der Waals surface area contributed by atoms with Crippen molar-refractivity contribution >= 4 is 17.4 Å². The lowest BCUT2D eigenvalue weighted by Gasteiger charge is -2.63. The molecular weight excluding hydrogens is 312 g/mol. The number of carbonyl (C=O) groups is 1. The van der Waals surface area contributed by atoms with Crippen molar-refractivity contribution in [2.24, 2.45) is 11.3 Å². The molecule has 2 heterocycles. The summed E-state index contributed by atoms with van der Waals surface area (Å²) >= 11 is 1.54. The Labute approximate surface area is 140 Å². The molecule has 2 amide bonds. The first-order valence-corrected chi connectivity index (χ1v) is 9.38. The Kier molecular flexibility index (Phi) is 3.66. The molecule has 4 unspecified atom stereocenters. The highest BCUT2D eigenvalue weighted by Gasteiger charge is 2.66. The molecule has 2 aliphatic carbocycles. The van der Waals surface area contributed by atoms with E-state index in [4.69, 9.17) is 4.74 Å². The summed E-state index contributed by atoms with van der Waals surface area (Å²) in [6.07, 6.45) is 4.95. The quantitative estimate of drug-likeness (QED) is 0.789. The smallest absolute Gasteiger partial charge is 0.315 e. The number of ether oxygens (including phenoxy) is 1. The molecule has 0 radical (unpaired) electrons. The molecule has 1 aliphatic heterocycles. The van der Waals surface area contributed by atoms with Crippen molar-refractivity contribution in [2.45, 2.75) is 50.4 Å². The van der Waals surface area contributed by atoms with Gasteiger partial charge in [-0.05, 0) is 48.6 Å². The first-order chi connectivity index (χ1) is 11.0. The van der Waals surface area contributed by atoms with E-state index in [0.29, 0.717) is 12.0 Å². The Hall–Kier alpha value is -1.11. The largest absolute Gasteiger partial charge is 0.384 e. The number of hydrogen-bond donors (Lipinski definition) is 3. The lowest BCUT2D eigenvalue weighted by Crippen LogP contribution is -2.72. The van der Waals surface area contributed by atoms with Gasteiger partial charge in [0.25, 0.3) is 0 Å². The maximum atomic E-state index is 12.3. The number of urea groups is 1. The van der Waals surface area contributed by atoms with Crippen LogP contribution in [0.25, 0.3) is 0 Å². The van der Waals surface area contributed by atoms with E-state index in [0.717, 1.165) is 31.4 Å². The third-order valence-corrected chi connectivity index (χ3v) is 6.74. The average Bonchev–Trinajstić information content (AvgIpc) is 3.11. The lowest BCUT2D eigenvalue weighted by atomic mass is 9.46. The van der Waals surface area contributed by atoms with Crippen molar-refractivity contribution in [1.29, 1.82) is 0 Å². The SMILES string of the molecule is CC(O)(CNC(=O)NC1C2CCOC2C12CCC2)c1ccsc1. The standard InChI is InChI=1S/C17H24N2O3S/c1-16(21,11-4-8-23-9-11)10-18-15(20)19-13-12-3-7-22-14(12)17(13)5-2-6-17/h4,8-9,12-14,21H,2-3,5-7,10H2,1H3,(H2,18,19,20). The van der Waals surface area contributed by atoms with Crippen LogP contribution in [0.2, 0.25) is 0 Å². The summed E-state index contributed by atoms with van der Waals surface area (Å²) in [4.78, 5) is 12.3. The molecular formula is C17H24N2O3S. The summed E-state index contributed by atoms with van der Waals surface area (Å²) in [7, 11) is 0. The van der Waals surface area contributed by atoms with E-state index >= 15 is 0 Å². The molecule has 23 heavy (non-hydrogen) atoms. The summed E-state index contributed by atoms with van der Waals surface area (Å²) in [5, 5.41) is 20.3. The van der Waals surface area contributed by atoms with Crippen LogP contribution >= 0.6 is 11.3 Å². The minimum absolute atomic E-state index is 0.179. The Morgan fingerprint density at radius 2 is 2.39 bits per heavy atom. The van der Waals surface area contributed by atoms with Gasteiger partial charge < -0.3 is 20.5 Å². The molecule has 4 rings (SSSR count). The van der Waals surface area contributed by atoms with Gasteiger partial charge in [0.05, 0.1) is 12.6 Å². The van der Waals surface area contributed by atoms with Crippen molar-refractivity contribution in [3.8, 4) is 0 Å². The molecule has 3 aliphatic rings. The Morgan fingerprint density at radius 3 is 3.04 bits per heavy atom. The zero-order valence-electron chi connectivity index (χ0n) is 13.4. The van der Waals surface area contributed by atoms with Crippen LogP contribution in [0.1, 0.15) is 38.2 Å². The zero-order valence-corrected chi connectivity index (χ0v) is 14.2. The second kappa shape index (κ2) is 5.46. The number of fused-ring (bicyclic) bond motifs is 2. The first kappa shape index (κ1) is 15.4. The number of hydrogen-bond acceptors (Lipinski definition) is 4. The molecule has 126 valence electrons. The lowest BCUT2D eigenvalue weighted by molar-refractivity contribution is -0.172. The van der Waals surface area contributed by atoms with Crippen LogP contribution in [-0.4, -0.2) is 36.4 Å². The summed E-state index contributed by atoms with van der Waals surface area (Å²) in [5.41, 5.74) is -0.00967. The Balaban J connectivity index is 1.34. The highest BCUT2D eigenvalue weighted by Crippen LogP contribution is 2.62. The third kappa shape index (κ3) is 2.39. The van der Waals surface area contributed by atoms with E-state index in [2.05, 4.69) is 10.6 Å². The molecule has 0 bridgehead atoms. The summed E-state index contributed by atoms with van der Waals surface area (Å²) in [6, 6.07) is 1.94. The minimum atomic E-state index is -1.04. The fourth-order valence-electron chi connectivity index (χ4n) is 4.57. The molecule has 0 aromatic carbocycles. The van der Waals surface area contributed by atoms with Gasteiger partial charge >= 0.3 is 6.03 Å². The molecule has 1 aromatic rings. The van der Waals surface area contributed by atoms with Crippen LogP contribution in [0.15, 0.2) is 16.8 Å². The molecule has 1 aromatic heterocycles. The molecule has 6 heteroatoms. The number of nitrogens with one attached hydrogen (secondary N) is 2. The van der Waals surface area contributed by atoms with Crippen LogP contribution in [-0.2, 0) is 10.3 Å². The minimum Gasteiger partial charge on any atom is -0.384 e. The van der Waals surface area contributed by atoms with Gasteiger partial charge in [0.1, 0.15) is 5.60 Å². The van der Waals surface area contributed by atoms with Crippen molar-refractivity contribution in [2.75, 3.05) is 13.2 Å². The second-order valence-electron chi connectivity index (χ2n) is 7.42. The molecule has 1 spiro atoms. The highest BCUT2D eigenvalue weighted by atomic mass is 32.1. The van der Waals surface area contributed by atoms with Crippen molar-refractivity contribution in [1.82, 2.24) is 10.6 Å². The van der Waals surface area contributed by atoms with Gasteiger partial charge in [-0.3, -0.25) is 0 Å². The fraction of sp³-hybridized carbons (Fsp3) is 0.706. The van der Waals surface area contributed by atoms with Crippen molar-refractivity contribution in [3.63, 3.8) is 0 Å². The van der Waals surface area contributed by atoms with E-state index in [1.807, 2.05) is 16.8 Å². The monoisotopic (exact) mass is 336 g/mol. The third-order valence-electron chi connectivity index (χ3n) is 6.06.